The van der Waals surface area contributed by atoms with E-state index in [2.05, 4.69) is 121 Å². The average molecular weight is 593 g/mol. The van der Waals surface area contributed by atoms with Gasteiger partial charge in [-0.25, -0.2) is 15.0 Å². The first-order valence-electron chi connectivity index (χ1n) is 14.9. The molecule has 45 heavy (non-hydrogen) atoms. The Morgan fingerprint density at radius 1 is 0.422 bits per heavy atom. The van der Waals surface area contributed by atoms with Gasteiger partial charge >= 0.3 is 0 Å². The molecule has 0 aliphatic carbocycles. The molecule has 0 amide bonds. The SMILES string of the molecule is c1ccc(-c2ccc3cc(-c4nc(-c5cc6ccccc6cn5)nc(-c5cccc6sc7ccccc7c56)n4)ccc3c2)cc1. The van der Waals surface area contributed by atoms with Crippen molar-refractivity contribution in [1.29, 1.82) is 0 Å². The van der Waals surface area contributed by atoms with E-state index in [0.717, 1.165) is 27.3 Å². The van der Waals surface area contributed by atoms with Crippen LogP contribution in [-0.4, -0.2) is 19.9 Å². The molecular weight excluding hydrogens is 569 g/mol. The molecule has 210 valence electrons. The molecule has 0 aliphatic heterocycles. The van der Waals surface area contributed by atoms with Gasteiger partial charge in [0.15, 0.2) is 17.5 Å². The van der Waals surface area contributed by atoms with Crippen molar-refractivity contribution >= 4 is 53.1 Å². The topological polar surface area (TPSA) is 51.6 Å². The summed E-state index contributed by atoms with van der Waals surface area (Å²) in [7, 11) is 0. The Hall–Kier alpha value is -5.78. The van der Waals surface area contributed by atoms with E-state index in [9.17, 15) is 0 Å². The summed E-state index contributed by atoms with van der Waals surface area (Å²) in [5, 5.41) is 6.84. The van der Waals surface area contributed by atoms with Gasteiger partial charge in [-0.2, -0.15) is 0 Å². The highest BCUT2D eigenvalue weighted by atomic mass is 32.1. The number of aromatic nitrogens is 4. The zero-order valence-corrected chi connectivity index (χ0v) is 24.9. The van der Waals surface area contributed by atoms with Gasteiger partial charge in [-0.05, 0) is 57.6 Å². The number of pyridine rings is 1. The molecule has 0 saturated carbocycles. The number of fused-ring (bicyclic) bond motifs is 5. The van der Waals surface area contributed by atoms with Gasteiger partial charge < -0.3 is 0 Å². The summed E-state index contributed by atoms with van der Waals surface area (Å²) in [6.07, 6.45) is 1.89. The van der Waals surface area contributed by atoms with Crippen molar-refractivity contribution in [3.05, 3.63) is 146 Å². The van der Waals surface area contributed by atoms with E-state index in [1.807, 2.05) is 24.4 Å². The van der Waals surface area contributed by atoms with E-state index in [0.29, 0.717) is 23.2 Å². The van der Waals surface area contributed by atoms with E-state index in [-0.39, 0.29) is 0 Å². The first kappa shape index (κ1) is 25.7. The minimum Gasteiger partial charge on any atom is -0.252 e. The predicted octanol–water partition coefficient (Wildman–Crippen LogP) is 10.6. The molecule has 5 heteroatoms. The van der Waals surface area contributed by atoms with Crippen LogP contribution >= 0.6 is 11.3 Å². The van der Waals surface area contributed by atoms with E-state index in [4.69, 9.17) is 19.9 Å². The van der Waals surface area contributed by atoms with Gasteiger partial charge in [-0.15, -0.1) is 11.3 Å². The predicted molar refractivity (Wildman–Crippen MR) is 187 cm³/mol. The summed E-state index contributed by atoms with van der Waals surface area (Å²) >= 11 is 1.79. The molecule has 0 aliphatic rings. The highest BCUT2D eigenvalue weighted by molar-refractivity contribution is 7.25. The number of nitrogens with zero attached hydrogens (tertiary/aromatic N) is 4. The standard InChI is InChI=1S/C40H24N4S/c1-2-9-25(10-3-1)27-17-18-29-22-30(20-19-28(29)21-27)38-42-39(33-14-8-16-36-37(33)32-13-6-7-15-35(32)45-36)44-40(43-38)34-23-26-11-4-5-12-31(26)24-41-34/h1-24H. The molecule has 0 fully saturated rings. The van der Waals surface area contributed by atoms with Crippen molar-refractivity contribution in [3.63, 3.8) is 0 Å². The maximum atomic E-state index is 5.12. The van der Waals surface area contributed by atoms with Crippen molar-refractivity contribution in [2.75, 3.05) is 0 Å². The number of hydrogen-bond donors (Lipinski definition) is 0. The third-order valence-corrected chi connectivity index (χ3v) is 9.48. The Bertz CT molecular complexity index is 2550. The van der Waals surface area contributed by atoms with Gasteiger partial charge in [0.1, 0.15) is 5.69 Å². The van der Waals surface area contributed by atoms with Crippen molar-refractivity contribution < 1.29 is 0 Å². The largest absolute Gasteiger partial charge is 0.252 e. The fraction of sp³-hybridized carbons (Fsp3) is 0. The Kier molecular flexibility index (Phi) is 5.96. The molecular formula is C40H24N4S. The number of hydrogen-bond acceptors (Lipinski definition) is 5. The average Bonchev–Trinajstić information content (AvgIpc) is 3.50. The fourth-order valence-corrected chi connectivity index (χ4v) is 7.23. The van der Waals surface area contributed by atoms with Crippen LogP contribution in [0.25, 0.3) is 87.1 Å². The van der Waals surface area contributed by atoms with Crippen LogP contribution in [-0.2, 0) is 0 Å². The lowest BCUT2D eigenvalue weighted by molar-refractivity contribution is 1.06. The summed E-state index contributed by atoms with van der Waals surface area (Å²) in [5.41, 5.74) is 5.04. The van der Waals surface area contributed by atoms with Crippen molar-refractivity contribution in [2.45, 2.75) is 0 Å². The zero-order valence-electron chi connectivity index (χ0n) is 24.1. The van der Waals surface area contributed by atoms with Gasteiger partial charge in [-0.3, -0.25) is 4.98 Å². The first-order valence-corrected chi connectivity index (χ1v) is 15.7. The minimum absolute atomic E-state index is 0.553. The van der Waals surface area contributed by atoms with Crippen LogP contribution in [0.15, 0.2) is 146 Å². The molecule has 9 rings (SSSR count). The highest BCUT2D eigenvalue weighted by Gasteiger charge is 2.18. The van der Waals surface area contributed by atoms with Gasteiger partial charge in [0.25, 0.3) is 0 Å². The van der Waals surface area contributed by atoms with Gasteiger partial charge in [0.2, 0.25) is 0 Å². The maximum absolute atomic E-state index is 5.12. The van der Waals surface area contributed by atoms with Crippen LogP contribution in [0.1, 0.15) is 0 Å². The minimum atomic E-state index is 0.553. The molecule has 0 saturated heterocycles. The Morgan fingerprint density at radius 3 is 1.98 bits per heavy atom. The second-order valence-corrected chi connectivity index (χ2v) is 12.2. The highest BCUT2D eigenvalue weighted by Crippen LogP contribution is 2.39. The zero-order chi connectivity index (χ0) is 29.7. The van der Waals surface area contributed by atoms with E-state index >= 15 is 0 Å². The quantitative estimate of drug-likeness (QED) is 0.204. The third-order valence-electron chi connectivity index (χ3n) is 8.34. The van der Waals surface area contributed by atoms with Gasteiger partial charge in [0.05, 0.1) is 0 Å². The lowest BCUT2D eigenvalue weighted by Gasteiger charge is -2.11. The summed E-state index contributed by atoms with van der Waals surface area (Å²) in [6, 6.07) is 48.7. The number of benzene rings is 6. The normalized spacial score (nSPS) is 11.6. The second kappa shape index (κ2) is 10.4. The van der Waals surface area contributed by atoms with Crippen LogP contribution in [0, 0.1) is 0 Å². The molecule has 9 aromatic rings. The summed E-state index contributed by atoms with van der Waals surface area (Å²) in [4.78, 5) is 20.0. The molecule has 0 atom stereocenters. The molecule has 3 aromatic heterocycles. The monoisotopic (exact) mass is 592 g/mol. The summed E-state index contributed by atoms with van der Waals surface area (Å²) in [6.45, 7) is 0. The number of thiophene rings is 1. The molecule has 6 aromatic carbocycles. The second-order valence-electron chi connectivity index (χ2n) is 11.1. The molecule has 3 heterocycles. The van der Waals surface area contributed by atoms with Crippen LogP contribution in [0.4, 0.5) is 0 Å². The Labute approximate surface area is 263 Å². The number of rotatable bonds is 4. The van der Waals surface area contributed by atoms with E-state index in [1.165, 1.54) is 36.7 Å². The smallest absolute Gasteiger partial charge is 0.182 e. The molecule has 4 nitrogen and oxygen atoms in total. The van der Waals surface area contributed by atoms with Crippen LogP contribution in [0.3, 0.4) is 0 Å². The fourth-order valence-electron chi connectivity index (χ4n) is 6.10. The van der Waals surface area contributed by atoms with Crippen molar-refractivity contribution in [1.82, 2.24) is 19.9 Å². The lowest BCUT2D eigenvalue weighted by atomic mass is 10.00. The van der Waals surface area contributed by atoms with Crippen molar-refractivity contribution in [3.8, 4) is 45.4 Å². The van der Waals surface area contributed by atoms with Crippen LogP contribution < -0.4 is 0 Å². The lowest BCUT2D eigenvalue weighted by Crippen LogP contribution is -2.01. The Morgan fingerprint density at radius 2 is 1.09 bits per heavy atom. The molecule has 0 bridgehead atoms. The molecule has 0 radical (unpaired) electrons. The Balaban J connectivity index is 1.25. The van der Waals surface area contributed by atoms with E-state index < -0.39 is 0 Å². The molecule has 0 unspecified atom stereocenters. The summed E-state index contributed by atoms with van der Waals surface area (Å²) in [5.74, 6) is 1.81. The maximum Gasteiger partial charge on any atom is 0.182 e. The van der Waals surface area contributed by atoms with Gasteiger partial charge in [-0.1, -0.05) is 109 Å². The van der Waals surface area contributed by atoms with Crippen molar-refractivity contribution in [2.24, 2.45) is 0 Å². The molecule has 0 spiro atoms. The van der Waals surface area contributed by atoms with Crippen LogP contribution in [0.5, 0.6) is 0 Å². The van der Waals surface area contributed by atoms with Gasteiger partial charge in [0, 0.05) is 42.9 Å². The van der Waals surface area contributed by atoms with Crippen LogP contribution in [0.2, 0.25) is 0 Å². The third kappa shape index (κ3) is 4.53. The summed E-state index contributed by atoms with van der Waals surface area (Å²) < 4.78 is 2.45. The molecule has 0 N–H and O–H groups in total. The van der Waals surface area contributed by atoms with E-state index in [1.54, 1.807) is 11.3 Å². The first-order chi connectivity index (χ1) is 22.3.